The van der Waals surface area contributed by atoms with Crippen molar-refractivity contribution in [1.29, 1.82) is 0 Å². The molecule has 0 spiro atoms. The molecule has 1 saturated heterocycles. The van der Waals surface area contributed by atoms with E-state index in [0.717, 1.165) is 15.3 Å². The molecular weight excluding hydrogens is 429 g/mol. The summed E-state index contributed by atoms with van der Waals surface area (Å²) >= 11 is 9.24. The van der Waals surface area contributed by atoms with Crippen molar-refractivity contribution in [2.75, 3.05) is 0 Å². The maximum absolute atomic E-state index is 11.5. The number of carbonyl (C=O) groups excluding carboxylic acids is 1. The molecule has 0 radical (unpaired) electrons. The molecule has 21 heavy (non-hydrogen) atoms. The number of carboxylic acid groups (broad SMARTS) is 1. The first-order chi connectivity index (χ1) is 9.95. The molecule has 1 fully saturated rings. The van der Waals surface area contributed by atoms with E-state index < -0.39 is 11.2 Å². The van der Waals surface area contributed by atoms with Gasteiger partial charge in [-0.15, -0.1) is 5.10 Å². The predicted octanol–water partition coefficient (Wildman–Crippen LogP) is 2.34. The molecular formula is C12H9ClIN3O3S. The standard InChI is InChI=1S/C12H9ClIN3O3S/c13-8-3-7(14)2-1-6(8)5-15-17-12-16-11(20)9(21-12)4-10(18)19/h1-3,5,9H,4H2,(H,18,19)(H,16,17,20). The van der Waals surface area contributed by atoms with Crippen LogP contribution in [0.15, 0.2) is 28.4 Å². The Hall–Kier alpha value is -1.13. The minimum Gasteiger partial charge on any atom is -0.481 e. The van der Waals surface area contributed by atoms with Crippen LogP contribution in [0.1, 0.15) is 12.0 Å². The summed E-state index contributed by atoms with van der Waals surface area (Å²) in [6.45, 7) is 0. The fraction of sp³-hybridized carbons (Fsp3) is 0.167. The summed E-state index contributed by atoms with van der Waals surface area (Å²) in [5.74, 6) is -1.40. The molecule has 9 heteroatoms. The number of amides is 1. The maximum Gasteiger partial charge on any atom is 0.305 e. The molecule has 1 aromatic rings. The number of carbonyl (C=O) groups is 2. The van der Waals surface area contributed by atoms with Crippen molar-refractivity contribution in [2.45, 2.75) is 11.7 Å². The van der Waals surface area contributed by atoms with E-state index in [1.807, 2.05) is 6.07 Å². The van der Waals surface area contributed by atoms with E-state index >= 15 is 0 Å². The van der Waals surface area contributed by atoms with E-state index in [4.69, 9.17) is 16.7 Å². The lowest BCUT2D eigenvalue weighted by Crippen LogP contribution is -2.26. The van der Waals surface area contributed by atoms with Gasteiger partial charge in [0.15, 0.2) is 5.17 Å². The number of hydrogen-bond donors (Lipinski definition) is 2. The molecule has 1 aliphatic heterocycles. The number of aliphatic carboxylic acids is 1. The zero-order chi connectivity index (χ0) is 15.4. The Kier molecular flexibility index (Phi) is 5.59. The van der Waals surface area contributed by atoms with Gasteiger partial charge in [-0.1, -0.05) is 29.4 Å². The van der Waals surface area contributed by atoms with E-state index in [1.54, 1.807) is 12.1 Å². The monoisotopic (exact) mass is 437 g/mol. The molecule has 1 aromatic carbocycles. The third-order valence-corrected chi connectivity index (χ3v) is 4.51. The average Bonchev–Trinajstić information content (AvgIpc) is 2.72. The lowest BCUT2D eigenvalue weighted by molar-refractivity contribution is -0.138. The third kappa shape index (κ3) is 4.68. The van der Waals surface area contributed by atoms with Crippen LogP contribution in [-0.2, 0) is 9.59 Å². The van der Waals surface area contributed by atoms with Gasteiger partial charge in [-0.25, -0.2) is 0 Å². The Morgan fingerprint density at radius 2 is 2.33 bits per heavy atom. The Labute approximate surface area is 143 Å². The molecule has 1 unspecified atom stereocenters. The van der Waals surface area contributed by atoms with Gasteiger partial charge in [-0.05, 0) is 34.7 Å². The Balaban J connectivity index is 2.03. The first-order valence-corrected chi connectivity index (χ1v) is 8.05. The highest BCUT2D eigenvalue weighted by molar-refractivity contribution is 14.1. The van der Waals surface area contributed by atoms with Gasteiger partial charge in [-0.2, -0.15) is 5.10 Å². The summed E-state index contributed by atoms with van der Waals surface area (Å²) in [7, 11) is 0. The number of rotatable bonds is 4. The van der Waals surface area contributed by atoms with Crippen LogP contribution >= 0.6 is 46.0 Å². The van der Waals surface area contributed by atoms with Crippen LogP contribution in [0.5, 0.6) is 0 Å². The molecule has 2 rings (SSSR count). The number of carboxylic acids is 1. The maximum atomic E-state index is 11.5. The van der Waals surface area contributed by atoms with E-state index in [2.05, 4.69) is 38.1 Å². The van der Waals surface area contributed by atoms with Crippen LogP contribution in [0.4, 0.5) is 0 Å². The smallest absolute Gasteiger partial charge is 0.305 e. The van der Waals surface area contributed by atoms with Crippen LogP contribution in [0.3, 0.4) is 0 Å². The summed E-state index contributed by atoms with van der Waals surface area (Å²) in [5.41, 5.74) is 0.706. The molecule has 0 aromatic heterocycles. The van der Waals surface area contributed by atoms with E-state index in [9.17, 15) is 9.59 Å². The Bertz CT molecular complexity index is 651. The molecule has 1 aliphatic rings. The molecule has 2 N–H and O–H groups in total. The van der Waals surface area contributed by atoms with Crippen molar-refractivity contribution < 1.29 is 14.7 Å². The largest absolute Gasteiger partial charge is 0.481 e. The lowest BCUT2D eigenvalue weighted by atomic mass is 10.2. The van der Waals surface area contributed by atoms with E-state index in [1.165, 1.54) is 6.21 Å². The Morgan fingerprint density at radius 3 is 3.00 bits per heavy atom. The van der Waals surface area contributed by atoms with Crippen molar-refractivity contribution in [1.82, 2.24) is 5.32 Å². The van der Waals surface area contributed by atoms with Crippen LogP contribution in [0.25, 0.3) is 0 Å². The molecule has 0 saturated carbocycles. The van der Waals surface area contributed by atoms with Gasteiger partial charge in [0.05, 0.1) is 17.7 Å². The zero-order valence-electron chi connectivity index (χ0n) is 10.4. The van der Waals surface area contributed by atoms with Crippen molar-refractivity contribution in [3.63, 3.8) is 0 Å². The van der Waals surface area contributed by atoms with Crippen LogP contribution in [0, 0.1) is 3.57 Å². The average molecular weight is 438 g/mol. The topological polar surface area (TPSA) is 91.1 Å². The minimum atomic E-state index is -1.03. The first-order valence-electron chi connectivity index (χ1n) is 5.71. The van der Waals surface area contributed by atoms with Gasteiger partial charge in [0, 0.05) is 9.13 Å². The number of halogens is 2. The highest BCUT2D eigenvalue weighted by atomic mass is 127. The van der Waals surface area contributed by atoms with E-state index in [0.29, 0.717) is 10.6 Å². The van der Waals surface area contributed by atoms with Gasteiger partial charge in [0.2, 0.25) is 5.91 Å². The summed E-state index contributed by atoms with van der Waals surface area (Å²) in [5, 5.41) is 19.0. The summed E-state index contributed by atoms with van der Waals surface area (Å²) in [4.78, 5) is 22.1. The highest BCUT2D eigenvalue weighted by Crippen LogP contribution is 2.22. The normalized spacial score (nSPS) is 20.2. The minimum absolute atomic E-state index is 0.248. The third-order valence-electron chi connectivity index (χ3n) is 2.44. The second-order valence-electron chi connectivity index (χ2n) is 4.01. The fourth-order valence-corrected chi connectivity index (χ4v) is 3.31. The lowest BCUT2D eigenvalue weighted by Gasteiger charge is -1.98. The van der Waals surface area contributed by atoms with Crippen molar-refractivity contribution in [3.8, 4) is 0 Å². The fourth-order valence-electron chi connectivity index (χ4n) is 1.49. The number of amidine groups is 1. The van der Waals surface area contributed by atoms with Gasteiger partial charge >= 0.3 is 5.97 Å². The molecule has 1 atom stereocenters. The number of thioether (sulfide) groups is 1. The number of hydrogen-bond acceptors (Lipinski definition) is 5. The summed E-state index contributed by atoms with van der Waals surface area (Å²) in [6.07, 6.45) is 1.23. The van der Waals surface area contributed by atoms with Gasteiger partial charge in [0.1, 0.15) is 5.25 Å². The van der Waals surface area contributed by atoms with Crippen molar-refractivity contribution in [2.24, 2.45) is 10.2 Å². The predicted molar refractivity (Wildman–Crippen MR) is 91.0 cm³/mol. The molecule has 0 bridgehead atoms. The SMILES string of the molecule is O=C(O)CC1SC(=NN=Cc2ccc(I)cc2Cl)NC1=O. The molecule has 0 aliphatic carbocycles. The van der Waals surface area contributed by atoms with Crippen LogP contribution in [-0.4, -0.2) is 33.6 Å². The summed E-state index contributed by atoms with van der Waals surface area (Å²) < 4.78 is 1.01. The quantitative estimate of drug-likeness (QED) is 0.430. The molecule has 110 valence electrons. The van der Waals surface area contributed by atoms with Crippen LogP contribution in [0.2, 0.25) is 5.02 Å². The zero-order valence-corrected chi connectivity index (χ0v) is 14.1. The number of nitrogens with zero attached hydrogens (tertiary/aromatic N) is 2. The van der Waals surface area contributed by atoms with Crippen molar-refractivity contribution in [3.05, 3.63) is 32.4 Å². The summed E-state index contributed by atoms with van der Waals surface area (Å²) in [6, 6.07) is 5.49. The number of nitrogens with one attached hydrogen (secondary N) is 1. The first kappa shape index (κ1) is 16.2. The second-order valence-corrected chi connectivity index (χ2v) is 6.85. The van der Waals surface area contributed by atoms with Gasteiger partial charge < -0.3 is 10.4 Å². The van der Waals surface area contributed by atoms with Gasteiger partial charge in [0.25, 0.3) is 0 Å². The van der Waals surface area contributed by atoms with Crippen molar-refractivity contribution >= 4 is 69.2 Å². The van der Waals surface area contributed by atoms with Crippen LogP contribution < -0.4 is 5.32 Å². The van der Waals surface area contributed by atoms with Gasteiger partial charge in [-0.3, -0.25) is 9.59 Å². The molecule has 1 amide bonds. The molecule has 1 heterocycles. The molecule has 6 nitrogen and oxygen atoms in total. The van der Waals surface area contributed by atoms with E-state index in [-0.39, 0.29) is 17.5 Å². The second kappa shape index (κ2) is 7.23. The Morgan fingerprint density at radius 1 is 1.57 bits per heavy atom. The highest BCUT2D eigenvalue weighted by Gasteiger charge is 2.32. The number of benzene rings is 1.